The number of aromatic nitrogens is 2. The van der Waals surface area contributed by atoms with E-state index < -0.39 is 0 Å². The molecule has 28 heavy (non-hydrogen) atoms. The second-order valence-electron chi connectivity index (χ2n) is 6.25. The molecule has 0 bridgehead atoms. The van der Waals surface area contributed by atoms with Crippen molar-refractivity contribution < 1.29 is 9.18 Å². The summed E-state index contributed by atoms with van der Waals surface area (Å²) in [5.41, 5.74) is 1.30. The van der Waals surface area contributed by atoms with Crippen LogP contribution in [-0.4, -0.2) is 52.7 Å². The highest BCUT2D eigenvalue weighted by molar-refractivity contribution is 14.0. The summed E-state index contributed by atoms with van der Waals surface area (Å²) in [5.74, 6) is 0.287. The highest BCUT2D eigenvalue weighted by atomic mass is 127. The predicted molar refractivity (Wildman–Crippen MR) is 121 cm³/mol. The Morgan fingerprint density at radius 1 is 1.39 bits per heavy atom. The molecule has 1 N–H and O–H groups in total. The maximum atomic E-state index is 14.0. The van der Waals surface area contributed by atoms with Crippen molar-refractivity contribution in [2.24, 2.45) is 12.0 Å². The summed E-state index contributed by atoms with van der Waals surface area (Å²) in [5, 5.41) is 7.31. The van der Waals surface area contributed by atoms with Gasteiger partial charge in [0.25, 0.3) is 0 Å². The maximum absolute atomic E-state index is 14.0. The molecule has 1 aliphatic rings. The molecule has 1 aromatic heterocycles. The van der Waals surface area contributed by atoms with Crippen LogP contribution in [0.2, 0.25) is 0 Å². The van der Waals surface area contributed by atoms with E-state index in [1.807, 2.05) is 25.1 Å². The largest absolute Gasteiger partial charge is 0.356 e. The summed E-state index contributed by atoms with van der Waals surface area (Å²) in [7, 11) is 1.82. The van der Waals surface area contributed by atoms with Gasteiger partial charge >= 0.3 is 0 Å². The number of anilines is 1. The van der Waals surface area contributed by atoms with Crippen LogP contribution in [0.3, 0.4) is 0 Å². The van der Waals surface area contributed by atoms with Crippen LogP contribution in [0.4, 0.5) is 10.1 Å². The van der Waals surface area contributed by atoms with Gasteiger partial charge in [0.05, 0.1) is 18.4 Å². The fraction of sp³-hybridized carbons (Fsp3) is 0.389. The third-order valence-electron chi connectivity index (χ3n) is 4.27. The van der Waals surface area contributed by atoms with Crippen LogP contribution >= 0.6 is 39.9 Å². The van der Waals surface area contributed by atoms with Crippen LogP contribution < -0.4 is 10.2 Å². The average Bonchev–Trinajstić information content (AvgIpc) is 3.06. The number of carbonyl (C=O) groups excluding carboxylic acids is 1. The summed E-state index contributed by atoms with van der Waals surface area (Å²) >= 11 is 3.25. The number of amides is 1. The fourth-order valence-corrected chi connectivity index (χ4v) is 3.24. The first-order valence-corrected chi connectivity index (χ1v) is 9.53. The molecule has 10 heteroatoms. The van der Waals surface area contributed by atoms with Gasteiger partial charge < -0.3 is 15.1 Å². The predicted octanol–water partition coefficient (Wildman–Crippen LogP) is 2.75. The summed E-state index contributed by atoms with van der Waals surface area (Å²) in [6, 6.07) is 4.92. The third kappa shape index (κ3) is 5.43. The van der Waals surface area contributed by atoms with Crippen molar-refractivity contribution in [1.29, 1.82) is 0 Å². The number of aliphatic imine (C=N–C) groups is 1. The molecule has 0 saturated carbocycles. The number of carbonyl (C=O) groups is 1. The normalized spacial score (nSPS) is 14.9. The van der Waals surface area contributed by atoms with Crippen LogP contribution in [0.5, 0.6) is 0 Å². The second kappa shape index (κ2) is 10.2. The van der Waals surface area contributed by atoms with Crippen molar-refractivity contribution in [3.8, 4) is 0 Å². The molecular weight excluding hydrogens is 542 g/mol. The van der Waals surface area contributed by atoms with Gasteiger partial charge in [0.2, 0.25) is 5.91 Å². The molecule has 2 aromatic rings. The Kier molecular flexibility index (Phi) is 8.23. The molecule has 3 rings (SSSR count). The van der Waals surface area contributed by atoms with E-state index in [4.69, 9.17) is 0 Å². The van der Waals surface area contributed by atoms with Gasteiger partial charge in [0.15, 0.2) is 5.96 Å². The van der Waals surface area contributed by atoms with E-state index in [0.29, 0.717) is 35.6 Å². The minimum atomic E-state index is -0.304. The quantitative estimate of drug-likeness (QED) is 0.352. The van der Waals surface area contributed by atoms with Crippen molar-refractivity contribution in [3.05, 3.63) is 46.4 Å². The van der Waals surface area contributed by atoms with Crippen molar-refractivity contribution in [2.45, 2.75) is 13.5 Å². The second-order valence-corrected chi connectivity index (χ2v) is 7.16. The number of guanidine groups is 1. The van der Waals surface area contributed by atoms with E-state index in [-0.39, 0.29) is 48.8 Å². The molecule has 2 heterocycles. The summed E-state index contributed by atoms with van der Waals surface area (Å²) in [6.07, 6.45) is 3.51. The number of hydrogen-bond acceptors (Lipinski definition) is 3. The van der Waals surface area contributed by atoms with E-state index >= 15 is 0 Å². The first-order valence-electron chi connectivity index (χ1n) is 8.74. The van der Waals surface area contributed by atoms with Gasteiger partial charge in [-0.2, -0.15) is 5.10 Å². The molecule has 1 saturated heterocycles. The molecular formula is C18H23BrFIN6O. The van der Waals surface area contributed by atoms with Gasteiger partial charge in [-0.1, -0.05) is 22.0 Å². The van der Waals surface area contributed by atoms with Crippen molar-refractivity contribution in [2.75, 3.05) is 31.1 Å². The van der Waals surface area contributed by atoms with Crippen LogP contribution in [0.25, 0.3) is 0 Å². The van der Waals surface area contributed by atoms with Crippen LogP contribution in [-0.2, 0) is 18.4 Å². The zero-order valence-corrected chi connectivity index (χ0v) is 19.6. The zero-order chi connectivity index (χ0) is 19.4. The minimum absolute atomic E-state index is 0. The number of hydrogen-bond donors (Lipinski definition) is 1. The first-order chi connectivity index (χ1) is 13.0. The van der Waals surface area contributed by atoms with Crippen LogP contribution in [0, 0.1) is 5.82 Å². The Morgan fingerprint density at radius 3 is 2.79 bits per heavy atom. The Labute approximate surface area is 189 Å². The number of halogens is 3. The Hall–Kier alpha value is -1.69. The van der Waals surface area contributed by atoms with E-state index in [0.717, 1.165) is 5.69 Å². The molecule has 0 unspecified atom stereocenters. The lowest BCUT2D eigenvalue weighted by atomic mass is 10.2. The number of rotatable bonds is 4. The monoisotopic (exact) mass is 564 g/mol. The SMILES string of the molecule is CCNC(=NCc1ccc(Br)cc1F)N1CCN(c2cnn(C)c2)C(=O)C1.I. The van der Waals surface area contributed by atoms with E-state index in [2.05, 4.69) is 31.3 Å². The highest BCUT2D eigenvalue weighted by Gasteiger charge is 2.27. The van der Waals surface area contributed by atoms with Gasteiger partial charge in [-0.25, -0.2) is 9.38 Å². The van der Waals surface area contributed by atoms with Gasteiger partial charge in [-0.3, -0.25) is 9.48 Å². The van der Waals surface area contributed by atoms with Gasteiger partial charge in [-0.15, -0.1) is 24.0 Å². The molecule has 0 atom stereocenters. The average molecular weight is 565 g/mol. The molecule has 1 aliphatic heterocycles. The van der Waals surface area contributed by atoms with E-state index in [1.54, 1.807) is 27.9 Å². The molecule has 1 amide bonds. The van der Waals surface area contributed by atoms with Gasteiger partial charge in [-0.05, 0) is 19.1 Å². The Bertz CT molecular complexity index is 858. The lowest BCUT2D eigenvalue weighted by molar-refractivity contribution is -0.120. The maximum Gasteiger partial charge on any atom is 0.246 e. The minimum Gasteiger partial charge on any atom is -0.356 e. The van der Waals surface area contributed by atoms with Gasteiger partial charge in [0, 0.05) is 42.9 Å². The Balaban J connectivity index is 0.00000280. The van der Waals surface area contributed by atoms with E-state index in [1.165, 1.54) is 6.07 Å². The number of aryl methyl sites for hydroxylation is 1. The van der Waals surface area contributed by atoms with Crippen LogP contribution in [0.1, 0.15) is 12.5 Å². The van der Waals surface area contributed by atoms with Crippen molar-refractivity contribution in [3.63, 3.8) is 0 Å². The topological polar surface area (TPSA) is 65.8 Å². The third-order valence-corrected chi connectivity index (χ3v) is 4.77. The molecule has 1 aromatic carbocycles. The lowest BCUT2D eigenvalue weighted by Crippen LogP contribution is -2.55. The number of piperazine rings is 1. The van der Waals surface area contributed by atoms with Crippen molar-refractivity contribution >= 4 is 57.5 Å². The first kappa shape index (κ1) is 22.6. The highest BCUT2D eigenvalue weighted by Crippen LogP contribution is 2.18. The zero-order valence-electron chi connectivity index (χ0n) is 15.7. The van der Waals surface area contributed by atoms with Crippen LogP contribution in [0.15, 0.2) is 40.1 Å². The lowest BCUT2D eigenvalue weighted by Gasteiger charge is -2.35. The molecule has 1 fully saturated rings. The number of benzene rings is 1. The fourth-order valence-electron chi connectivity index (χ4n) is 2.91. The number of nitrogens with one attached hydrogen (secondary N) is 1. The number of nitrogens with zero attached hydrogens (tertiary/aromatic N) is 5. The summed E-state index contributed by atoms with van der Waals surface area (Å²) < 4.78 is 16.4. The Morgan fingerprint density at radius 2 is 2.18 bits per heavy atom. The molecule has 152 valence electrons. The molecule has 7 nitrogen and oxygen atoms in total. The summed E-state index contributed by atoms with van der Waals surface area (Å²) in [6.45, 7) is 4.22. The van der Waals surface area contributed by atoms with Gasteiger partial charge in [0.1, 0.15) is 12.4 Å². The van der Waals surface area contributed by atoms with Crippen molar-refractivity contribution in [1.82, 2.24) is 20.0 Å². The molecule has 0 aliphatic carbocycles. The van der Waals surface area contributed by atoms with E-state index in [9.17, 15) is 9.18 Å². The summed E-state index contributed by atoms with van der Waals surface area (Å²) in [4.78, 5) is 20.7. The standard InChI is InChI=1S/C18H22BrFN6O.HI/c1-3-21-18(22-9-13-4-5-14(19)8-16(13)20)25-6-7-26(17(27)12-25)15-10-23-24(2)11-15;/h4-5,8,10-11H,3,6-7,9,12H2,1-2H3,(H,21,22);1H. The smallest absolute Gasteiger partial charge is 0.246 e. The molecule has 0 spiro atoms. The molecule has 0 radical (unpaired) electrons.